The van der Waals surface area contributed by atoms with Crippen LogP contribution < -0.4 is 63.6 Å². The molecule has 0 radical (unpaired) electrons. The van der Waals surface area contributed by atoms with Crippen LogP contribution in [0.3, 0.4) is 0 Å². The zero-order valence-electron chi connectivity index (χ0n) is 55.9. The van der Waals surface area contributed by atoms with Crippen molar-refractivity contribution in [3.05, 3.63) is 102 Å². The third-order valence-electron chi connectivity index (χ3n) is 16.5. The molecule has 2 aliphatic rings. The number of hydrogen-bond acceptors (Lipinski definition) is 25. The molecule has 3 heterocycles. The van der Waals surface area contributed by atoms with Crippen molar-refractivity contribution >= 4 is 104 Å². The number of carboxylic acids is 4. The number of amides is 8. The number of aliphatic carboxylic acids is 4. The zero-order valence-corrected chi connectivity index (χ0v) is 60.3. The van der Waals surface area contributed by atoms with E-state index in [4.69, 9.17) is 5.73 Å². The number of carbonyl (C=O) groups is 12. The number of nitrogens with zero attached hydrogens (tertiary/aromatic N) is 4. The number of benzene rings is 3. The first-order chi connectivity index (χ1) is 47.7. The molecule has 101 heavy (non-hydrogen) atoms. The normalized spacial score (nSPS) is 21.7. The van der Waals surface area contributed by atoms with Gasteiger partial charge in [0.25, 0.3) is 0 Å². The Labute approximate surface area is 615 Å². The Hall–Kier alpha value is -7.84. The number of aromatic hydroxyl groups is 1. The monoisotopic (exact) mass is 1520 g/mol. The molecule has 0 saturated carbocycles. The van der Waals surface area contributed by atoms with Gasteiger partial charge in [-0.25, -0.2) is 4.79 Å². The van der Waals surface area contributed by atoms with E-state index in [2.05, 4.69) is 47.5 Å². The molecule has 6 rings (SSSR count). The summed E-state index contributed by atoms with van der Waals surface area (Å²) in [5.74, 6) is -14.9. The quantitative estimate of drug-likeness (QED) is 0.0205. The van der Waals surface area contributed by atoms with Crippen LogP contribution in [0.4, 0.5) is 0 Å². The molecule has 2 saturated heterocycles. The molecule has 0 bridgehead atoms. The molecule has 0 aliphatic carbocycles. The third-order valence-corrected chi connectivity index (χ3v) is 19.0. The van der Waals surface area contributed by atoms with Crippen molar-refractivity contribution in [2.45, 2.75) is 113 Å². The van der Waals surface area contributed by atoms with Gasteiger partial charge < -0.3 is 103 Å². The number of hydrogen-bond donors (Lipinski definition) is 14. The molecule has 546 valence electrons. The molecule has 2 fully saturated rings. The van der Waals surface area contributed by atoms with Crippen LogP contribution in [0.5, 0.6) is 5.75 Å². The Morgan fingerprint density at radius 2 is 1.12 bits per heavy atom. The second kappa shape index (κ2) is 42.6. The minimum atomic E-state index is -1.91. The van der Waals surface area contributed by atoms with Crippen LogP contribution in [0.25, 0.3) is 10.9 Å². The van der Waals surface area contributed by atoms with E-state index in [-0.39, 0.29) is 129 Å². The van der Waals surface area contributed by atoms with Crippen LogP contribution in [-0.4, -0.2) is 273 Å². The number of H-pyrrole nitrogens is 1. The fraction of sp³-hybridized carbons (Fsp3) is 0.508. The Morgan fingerprint density at radius 3 is 1.66 bits per heavy atom. The van der Waals surface area contributed by atoms with Crippen LogP contribution in [-0.2, 0) is 110 Å². The number of nitrogens with two attached hydrogens (primary N) is 1. The van der Waals surface area contributed by atoms with Gasteiger partial charge in [-0.15, -0.1) is 0 Å². The number of phenols is 1. The first kappa shape index (κ1) is 83.8. The first-order valence-corrected chi connectivity index (χ1v) is 35.0. The van der Waals surface area contributed by atoms with Crippen LogP contribution in [0.1, 0.15) is 49.8 Å². The van der Waals surface area contributed by atoms with Crippen molar-refractivity contribution in [3.63, 3.8) is 0 Å². The van der Waals surface area contributed by atoms with Gasteiger partial charge in [0.05, 0.1) is 36.7 Å². The predicted molar refractivity (Wildman–Crippen MR) is 359 cm³/mol. The number of aromatic nitrogens is 1. The number of aliphatic hydroxyl groups is 2. The fourth-order valence-electron chi connectivity index (χ4n) is 11.1. The summed E-state index contributed by atoms with van der Waals surface area (Å²) in [7, 11) is 1.64. The van der Waals surface area contributed by atoms with Crippen molar-refractivity contribution in [3.8, 4) is 5.75 Å². The summed E-state index contributed by atoms with van der Waals surface area (Å²) in [5.41, 5.74) is 7.92. The van der Waals surface area contributed by atoms with Crippen LogP contribution in [0, 0.1) is 0 Å². The number of aromatic amines is 1. The molecule has 3 aromatic carbocycles. The second-order valence-electron chi connectivity index (χ2n) is 24.4. The molecular weight excluding hydrogens is 1430 g/mol. The minimum absolute atomic E-state index is 0. The topological polar surface area (TPSA) is 506 Å². The van der Waals surface area contributed by atoms with Crippen LogP contribution in [0.15, 0.2) is 85.1 Å². The Morgan fingerprint density at radius 1 is 0.604 bits per heavy atom. The number of carbonyl (C=O) groups excluding carboxylic acids is 11. The van der Waals surface area contributed by atoms with E-state index in [1.54, 1.807) is 65.7 Å². The van der Waals surface area contributed by atoms with Gasteiger partial charge in [-0.3, -0.25) is 58.0 Å². The van der Waals surface area contributed by atoms with Crippen molar-refractivity contribution in [2.24, 2.45) is 5.73 Å². The largest absolute Gasteiger partial charge is 3.00 e. The van der Waals surface area contributed by atoms with Crippen molar-refractivity contribution < 1.29 is 126 Å². The van der Waals surface area contributed by atoms with Crippen molar-refractivity contribution in [1.82, 2.24) is 67.1 Å². The van der Waals surface area contributed by atoms with E-state index in [9.17, 15) is 78.9 Å². The summed E-state index contributed by atoms with van der Waals surface area (Å²) >= 11 is 0. The molecule has 4 aromatic rings. The van der Waals surface area contributed by atoms with Gasteiger partial charge in [0.1, 0.15) is 48.0 Å². The molecule has 8 amide bonds. The van der Waals surface area contributed by atoms with Gasteiger partial charge in [-0.1, -0.05) is 82.3 Å². The number of rotatable bonds is 26. The molecule has 15 N–H and O–H groups in total. The summed E-state index contributed by atoms with van der Waals surface area (Å²) < 4.78 is 0. The summed E-state index contributed by atoms with van der Waals surface area (Å²) in [5, 5.41) is 98.5. The SMILES string of the molecule is C[C@@H](O)[C@H](NC(=O)[C@@H]1CSSC[C@H](NC(=O)[C@@H](Cc2ccccc2)NC(=O)CN2CCN(CC(=O)[O-])CCN(CC(=O)[O-])CCN(CC(=O)[O-])CC2)C(=O)N[C@@H](Cc2ccc(O)cc2)C(=O)N[C@H](Cc2c[nH]c3ccccc23)C(=O)N[C@@H](CCCCN)C(=O)N[C@@H]([C@@H](C)O)C(=O)N1)C(=O)O.[90Y+3]. The van der Waals surface area contributed by atoms with Gasteiger partial charge >= 0.3 is 38.7 Å². The summed E-state index contributed by atoms with van der Waals surface area (Å²) in [6.45, 7) is 0.342. The zero-order chi connectivity index (χ0) is 73.0. The molecule has 36 heteroatoms. The number of nitrogens with one attached hydrogen (secondary N) is 9. The summed E-state index contributed by atoms with van der Waals surface area (Å²) in [4.78, 5) is 175. The van der Waals surface area contributed by atoms with E-state index in [1.807, 2.05) is 0 Å². The Bertz CT molecular complexity index is 3420. The second-order valence-corrected chi connectivity index (χ2v) is 27.0. The van der Waals surface area contributed by atoms with Crippen molar-refractivity contribution in [2.75, 3.05) is 96.6 Å². The van der Waals surface area contributed by atoms with Crippen molar-refractivity contribution in [1.29, 1.82) is 0 Å². The fourth-order valence-corrected chi connectivity index (χ4v) is 13.4. The third kappa shape index (κ3) is 28.5. The van der Waals surface area contributed by atoms with E-state index >= 15 is 14.4 Å². The number of phenolic OH excluding ortho intramolecular Hbond substituents is 1. The summed E-state index contributed by atoms with van der Waals surface area (Å²) in [6.07, 6.45) is -1.98. The maximum Gasteiger partial charge on any atom is 3.00 e. The molecule has 33 nitrogen and oxygen atoms in total. The van der Waals surface area contributed by atoms with E-state index < -0.39 is 169 Å². The van der Waals surface area contributed by atoms with E-state index in [1.165, 1.54) is 39.0 Å². The van der Waals surface area contributed by atoms with Gasteiger partial charge in [-0.2, -0.15) is 0 Å². The first-order valence-electron chi connectivity index (χ1n) is 32.5. The molecular formula is C65H87N14O19S2Y. The average Bonchev–Trinajstić information content (AvgIpc) is 1.75. The van der Waals surface area contributed by atoms with Crippen LogP contribution >= 0.6 is 21.6 Å². The predicted octanol–water partition coefficient (Wildman–Crippen LogP) is -7.38. The smallest absolute Gasteiger partial charge is 0.549 e. The number of para-hydroxylation sites is 1. The van der Waals surface area contributed by atoms with Crippen LogP contribution in [0.2, 0.25) is 0 Å². The summed E-state index contributed by atoms with van der Waals surface area (Å²) in [6, 6.07) is 7.74. The molecule has 10 atom stereocenters. The van der Waals surface area contributed by atoms with Gasteiger partial charge in [0.2, 0.25) is 47.3 Å². The molecule has 1 aromatic heterocycles. The number of unbranched alkanes of at least 4 members (excludes halogenated alkanes) is 1. The van der Waals surface area contributed by atoms with Gasteiger partial charge in [0, 0.05) is 120 Å². The van der Waals surface area contributed by atoms with E-state index in [0.717, 1.165) is 35.4 Å². The maximum atomic E-state index is 15.3. The minimum Gasteiger partial charge on any atom is -0.549 e. The number of fused-ring (bicyclic) bond motifs is 1. The number of carboxylic acid groups (broad SMARTS) is 4. The standard InChI is InChI=1S/C65H90N14O19S2.Y/c1-38(80)56-64(96)73-51(63(95)75-57(39(2)81)65(97)98)37-100-99-36-50(72-59(91)47(28-40-10-4-3-5-11-40)68-52(83)32-76-20-22-77(33-53(84)85)24-26-79(35-55(88)89)27-25-78(23-21-76)34-54(86)87)62(94)70-48(29-41-15-17-43(82)18-16-41)60(92)71-49(30-42-31-67-45-13-7-6-12-44(42)45)61(93)69-46(58(90)74-56)14-8-9-19-66;/h3-7,10-13,15-18,31,38-39,46-51,56-57,67,80-82H,8-9,14,19-30,32-37,66H2,1-2H3,(H,68,83)(H,69,93)(H,70,94)(H,71,92)(H,72,91)(H,73,96)(H,74,90)(H,75,95)(H,84,85)(H,86,87)(H,88,89)(H,97,98);/q;+3/p-3/t38-,39-,46+,47-,48+,49-,50+,51+,56+,57+;/m1./s1/i;1+1. The number of aliphatic hydroxyl groups excluding tert-OH is 2. The molecule has 0 unspecified atom stereocenters. The maximum absolute atomic E-state index is 15.3. The van der Waals surface area contributed by atoms with E-state index in [0.29, 0.717) is 34.0 Å². The molecule has 0 spiro atoms. The van der Waals surface area contributed by atoms with Gasteiger partial charge in [0.15, 0.2) is 6.04 Å². The Kier molecular flexibility index (Phi) is 35.3. The average molecular weight is 1520 g/mol. The van der Waals surface area contributed by atoms with Gasteiger partial charge in [-0.05, 0) is 74.5 Å². The Balaban J connectivity index is 0.0000184. The molecule has 2 aliphatic heterocycles.